The Bertz CT molecular complexity index is 2140. The maximum Gasteiger partial charge on any atom is 0.471 e. The van der Waals surface area contributed by atoms with Gasteiger partial charge in [0, 0.05) is 39.9 Å². The lowest BCUT2D eigenvalue weighted by Crippen LogP contribution is -2.58. The summed E-state index contributed by atoms with van der Waals surface area (Å²) >= 11 is 0. The van der Waals surface area contributed by atoms with E-state index in [4.69, 9.17) is 14.2 Å². The summed E-state index contributed by atoms with van der Waals surface area (Å²) in [5.41, 5.74) is -0.328. The highest BCUT2D eigenvalue weighted by atomic mass is 32.2. The van der Waals surface area contributed by atoms with E-state index in [0.717, 1.165) is 12.1 Å². The second-order valence-corrected chi connectivity index (χ2v) is 20.3. The van der Waals surface area contributed by atoms with Gasteiger partial charge in [-0.15, -0.1) is 0 Å². The Morgan fingerprint density at radius 2 is 1.49 bits per heavy atom. The van der Waals surface area contributed by atoms with E-state index in [9.17, 15) is 50.4 Å². The summed E-state index contributed by atoms with van der Waals surface area (Å²) in [5, 5.41) is 7.06. The molecule has 0 saturated carbocycles. The van der Waals surface area contributed by atoms with Crippen LogP contribution in [-0.4, -0.2) is 130 Å². The minimum absolute atomic E-state index is 0.0891. The Kier molecular flexibility index (Phi) is 20.8. The minimum Gasteiger partial charge on any atom is -0.444 e. The van der Waals surface area contributed by atoms with Gasteiger partial charge in [-0.3, -0.25) is 28.7 Å². The van der Waals surface area contributed by atoms with Crippen molar-refractivity contribution in [1.82, 2.24) is 25.2 Å². The number of rotatable bonds is 22. The molecule has 4 N–H and O–H groups in total. The third-order valence-corrected chi connectivity index (χ3v) is 13.1. The Balaban J connectivity index is 1.80. The van der Waals surface area contributed by atoms with Crippen molar-refractivity contribution >= 4 is 51.3 Å². The van der Waals surface area contributed by atoms with E-state index in [-0.39, 0.29) is 47.7 Å². The third-order valence-electron chi connectivity index (χ3n) is 11.9. The number of alkyl halides is 3. The first-order valence-corrected chi connectivity index (χ1v) is 24.2. The fourth-order valence-electron chi connectivity index (χ4n) is 8.20. The van der Waals surface area contributed by atoms with Crippen LogP contribution in [-0.2, 0) is 60.4 Å². The smallest absolute Gasteiger partial charge is 0.444 e. The zero-order chi connectivity index (χ0) is 51.3. The number of methoxy groups -OCH3 is 2. The second kappa shape index (κ2) is 24.8. The molecule has 3 rings (SSSR count). The third kappa shape index (κ3) is 16.7. The topological polar surface area (TPSA) is 219 Å². The number of halogens is 3. The van der Waals surface area contributed by atoms with Crippen molar-refractivity contribution in [2.45, 2.75) is 141 Å². The average molecular weight is 983 g/mol. The van der Waals surface area contributed by atoms with Gasteiger partial charge >= 0.3 is 18.2 Å². The standard InChI is InChI=1S/C47H69F3N6O11S/c1-12-29(4)39(55(9)43(60)38(28(2)3)53-45(62)67-46(6,7)8)36(65-10)26-37(57)56-24-16-19-35(56)40(66-11)30(5)41(58)52-34(25-31-17-14-13-15-18-31)42(59)54-68(63,64)27-32-20-22-33(23-21-32)51-44(61)47(48,49)50/h13-15,17-18,20-23,28-30,34-36,38-40H,12,16,19,24-27H2,1-11H3,(H,51,61)(H,52,58)(H,53,62)(H,54,59)/t29-,30+,34-,35-,36+,38-,39-,40+/m0/s1. The Morgan fingerprint density at radius 3 is 2.01 bits per heavy atom. The number of likely N-dealkylation sites (N-methyl/N-ethyl adjacent to an activating group) is 1. The lowest BCUT2D eigenvalue weighted by atomic mass is 9.89. The number of amides is 6. The van der Waals surface area contributed by atoms with Crippen molar-refractivity contribution < 1.29 is 64.6 Å². The summed E-state index contributed by atoms with van der Waals surface area (Å²) in [7, 11) is 0.0593. The monoisotopic (exact) mass is 982 g/mol. The number of hydrogen-bond acceptors (Lipinski definition) is 11. The fraction of sp³-hybridized carbons (Fsp3) is 0.617. The van der Waals surface area contributed by atoms with E-state index >= 15 is 0 Å². The Hall–Kier alpha value is -5.28. The zero-order valence-corrected chi connectivity index (χ0v) is 41.6. The number of alkyl carbamates (subject to hydrolysis) is 1. The van der Waals surface area contributed by atoms with Crippen molar-refractivity contribution in [3.8, 4) is 0 Å². The molecule has 21 heteroatoms. The molecule has 0 aliphatic carbocycles. The van der Waals surface area contributed by atoms with Crippen LogP contribution < -0.4 is 20.7 Å². The summed E-state index contributed by atoms with van der Waals surface area (Å²) in [5.74, 6) is -6.79. The van der Waals surface area contributed by atoms with Crippen LogP contribution in [0.5, 0.6) is 0 Å². The summed E-state index contributed by atoms with van der Waals surface area (Å²) in [4.78, 5) is 83.5. The van der Waals surface area contributed by atoms with Gasteiger partial charge in [-0.05, 0) is 68.7 Å². The summed E-state index contributed by atoms with van der Waals surface area (Å²) < 4.78 is 83.8. The molecule has 68 heavy (non-hydrogen) atoms. The van der Waals surface area contributed by atoms with Crippen LogP contribution in [0.4, 0.5) is 23.7 Å². The van der Waals surface area contributed by atoms with E-state index in [1.807, 2.05) is 18.6 Å². The van der Waals surface area contributed by atoms with Gasteiger partial charge in [0.05, 0.1) is 42.4 Å². The molecule has 0 spiro atoms. The minimum atomic E-state index is -5.13. The van der Waals surface area contributed by atoms with Crippen molar-refractivity contribution in [3.63, 3.8) is 0 Å². The molecule has 0 unspecified atom stereocenters. The summed E-state index contributed by atoms with van der Waals surface area (Å²) in [6.45, 7) is 14.6. The quantitative estimate of drug-likeness (QED) is 0.118. The number of likely N-dealkylation sites (tertiary alicyclic amines) is 1. The molecule has 6 amide bonds. The maximum atomic E-state index is 14.3. The van der Waals surface area contributed by atoms with E-state index in [1.54, 1.807) is 89.1 Å². The van der Waals surface area contributed by atoms with Crippen molar-refractivity contribution in [2.75, 3.05) is 33.1 Å². The highest BCUT2D eigenvalue weighted by Crippen LogP contribution is 2.30. The molecule has 0 radical (unpaired) electrons. The number of nitrogens with one attached hydrogen (secondary N) is 4. The van der Waals surface area contributed by atoms with Crippen LogP contribution in [0.1, 0.15) is 92.2 Å². The first-order chi connectivity index (χ1) is 31.6. The average Bonchev–Trinajstić information content (AvgIpc) is 3.74. The molecular formula is C47H69F3N6O11S. The molecule has 0 aromatic heterocycles. The zero-order valence-electron chi connectivity index (χ0n) is 40.8. The van der Waals surface area contributed by atoms with Gasteiger partial charge in [-0.25, -0.2) is 13.2 Å². The lowest BCUT2D eigenvalue weighted by molar-refractivity contribution is -0.167. The van der Waals surface area contributed by atoms with Crippen LogP contribution in [0.2, 0.25) is 0 Å². The van der Waals surface area contributed by atoms with Crippen molar-refractivity contribution in [3.05, 3.63) is 65.7 Å². The largest absolute Gasteiger partial charge is 0.471 e. The van der Waals surface area contributed by atoms with Gasteiger partial charge < -0.3 is 40.0 Å². The molecule has 0 bridgehead atoms. The first-order valence-electron chi connectivity index (χ1n) is 22.6. The fourth-order valence-corrected chi connectivity index (χ4v) is 9.35. The molecule has 2 aromatic rings. The lowest BCUT2D eigenvalue weighted by Gasteiger charge is -2.40. The number of benzene rings is 2. The molecule has 1 fully saturated rings. The highest BCUT2D eigenvalue weighted by Gasteiger charge is 2.44. The SMILES string of the molecule is CC[C@H](C)[C@@H]([C@@H](CC(=O)N1CCC[C@H]1[C@H](OC)[C@@H](C)C(=O)N[C@@H](Cc1ccccc1)C(=O)NS(=O)(=O)Cc1ccc(NC(=O)C(F)(F)F)cc1)OC)N(C)C(=O)[C@@H](NC(=O)OC(C)(C)C)C(C)C. The molecule has 1 saturated heterocycles. The normalized spacial score (nSPS) is 17.5. The van der Waals surface area contributed by atoms with Gasteiger partial charge in [0.25, 0.3) is 5.91 Å². The summed E-state index contributed by atoms with van der Waals surface area (Å²) in [6.07, 6.45) is -6.07. The number of carbonyl (C=O) groups is 6. The van der Waals surface area contributed by atoms with E-state index in [1.165, 1.54) is 31.3 Å². The molecule has 2 aromatic carbocycles. The highest BCUT2D eigenvalue weighted by molar-refractivity contribution is 7.89. The molecular weight excluding hydrogens is 914 g/mol. The molecule has 1 aliphatic rings. The van der Waals surface area contributed by atoms with Crippen LogP contribution in [0.3, 0.4) is 0 Å². The summed E-state index contributed by atoms with van der Waals surface area (Å²) in [6, 6.07) is 9.55. The number of carbonyl (C=O) groups excluding carboxylic acids is 6. The maximum absolute atomic E-state index is 14.3. The Labute approximate surface area is 398 Å². The van der Waals surface area contributed by atoms with Crippen LogP contribution >= 0.6 is 0 Å². The predicted molar refractivity (Wildman–Crippen MR) is 248 cm³/mol. The van der Waals surface area contributed by atoms with E-state index < -0.39 is 93.7 Å². The molecule has 1 aliphatic heterocycles. The molecule has 1 heterocycles. The van der Waals surface area contributed by atoms with Gasteiger partial charge in [-0.2, -0.15) is 13.2 Å². The van der Waals surface area contributed by atoms with Crippen LogP contribution in [0.25, 0.3) is 0 Å². The predicted octanol–water partition coefficient (Wildman–Crippen LogP) is 5.33. The number of ether oxygens (including phenoxy) is 3. The van der Waals surface area contributed by atoms with E-state index in [2.05, 4.69) is 10.6 Å². The number of hydrogen-bond donors (Lipinski definition) is 4. The molecule has 380 valence electrons. The second-order valence-electron chi connectivity index (χ2n) is 18.6. The number of anilines is 1. The van der Waals surface area contributed by atoms with Crippen LogP contribution in [0, 0.1) is 17.8 Å². The van der Waals surface area contributed by atoms with Crippen LogP contribution in [0.15, 0.2) is 54.6 Å². The number of nitrogens with zero attached hydrogens (tertiary/aromatic N) is 2. The van der Waals surface area contributed by atoms with Gasteiger partial charge in [0.2, 0.25) is 27.7 Å². The Morgan fingerprint density at radius 1 is 0.868 bits per heavy atom. The molecule has 8 atom stereocenters. The molecule has 17 nitrogen and oxygen atoms in total. The van der Waals surface area contributed by atoms with Gasteiger partial charge in [0.1, 0.15) is 17.7 Å². The van der Waals surface area contributed by atoms with Crippen molar-refractivity contribution in [1.29, 1.82) is 0 Å². The van der Waals surface area contributed by atoms with Gasteiger partial charge in [0.15, 0.2) is 0 Å². The van der Waals surface area contributed by atoms with Crippen molar-refractivity contribution in [2.24, 2.45) is 17.8 Å². The van der Waals surface area contributed by atoms with E-state index in [0.29, 0.717) is 31.4 Å². The first kappa shape index (κ1) is 57.0. The van der Waals surface area contributed by atoms with Gasteiger partial charge in [-0.1, -0.05) is 83.5 Å². The number of sulfonamides is 1.